The van der Waals surface area contributed by atoms with Crippen LogP contribution in [-0.2, 0) is 0 Å². The molecule has 0 fully saturated rings. The smallest absolute Gasteiger partial charge is 0.267 e. The molecule has 0 unspecified atom stereocenters. The Bertz CT molecular complexity index is 1260. The van der Waals surface area contributed by atoms with Gasteiger partial charge in [0.05, 0.1) is 11.3 Å². The lowest BCUT2D eigenvalue weighted by Crippen LogP contribution is -2.20. The molecule has 7 heteroatoms. The monoisotopic (exact) mass is 397 g/mol. The number of amides is 2. The van der Waals surface area contributed by atoms with Crippen LogP contribution in [0.1, 0.15) is 20.8 Å². The first-order valence-corrected chi connectivity index (χ1v) is 9.28. The Morgan fingerprint density at radius 3 is 2.47 bits per heavy atom. The van der Waals surface area contributed by atoms with Gasteiger partial charge in [-0.1, -0.05) is 36.4 Å². The number of hydrogen-bond acceptors (Lipinski definition) is 5. The number of benzene rings is 2. The number of carbonyl (C=O) groups excluding carboxylic acids is 2. The zero-order valence-corrected chi connectivity index (χ0v) is 16.2. The van der Waals surface area contributed by atoms with Gasteiger partial charge in [0.15, 0.2) is 0 Å². The third-order valence-electron chi connectivity index (χ3n) is 4.77. The molecule has 2 amide bonds. The van der Waals surface area contributed by atoms with Crippen LogP contribution < -0.4 is 16.0 Å². The molecule has 2 aromatic heterocycles. The molecule has 7 nitrogen and oxygen atoms in total. The fourth-order valence-electron chi connectivity index (χ4n) is 3.20. The van der Waals surface area contributed by atoms with E-state index >= 15 is 0 Å². The average molecular weight is 397 g/mol. The van der Waals surface area contributed by atoms with Crippen LogP contribution in [0.4, 0.5) is 17.2 Å². The van der Waals surface area contributed by atoms with E-state index in [2.05, 4.69) is 15.3 Å². The summed E-state index contributed by atoms with van der Waals surface area (Å²) in [5, 5.41) is 4.85. The van der Waals surface area contributed by atoms with Gasteiger partial charge in [-0.3, -0.25) is 14.6 Å². The van der Waals surface area contributed by atoms with E-state index in [1.165, 1.54) is 6.20 Å². The van der Waals surface area contributed by atoms with Crippen LogP contribution in [-0.4, -0.2) is 28.8 Å². The Balaban J connectivity index is 1.64. The Morgan fingerprint density at radius 1 is 0.933 bits per heavy atom. The van der Waals surface area contributed by atoms with Crippen LogP contribution in [0.15, 0.2) is 79.1 Å². The molecule has 2 heterocycles. The minimum Gasteiger partial charge on any atom is -0.364 e. The number of primary amides is 1. The van der Waals surface area contributed by atoms with Crippen LogP contribution in [0, 0.1) is 0 Å². The highest BCUT2D eigenvalue weighted by Crippen LogP contribution is 2.28. The van der Waals surface area contributed by atoms with Crippen molar-refractivity contribution in [3.8, 4) is 0 Å². The second-order valence-electron chi connectivity index (χ2n) is 6.71. The van der Waals surface area contributed by atoms with Gasteiger partial charge >= 0.3 is 0 Å². The highest BCUT2D eigenvalue weighted by molar-refractivity contribution is 6.08. The first kappa shape index (κ1) is 19.1. The lowest BCUT2D eigenvalue weighted by molar-refractivity contribution is 0.0993. The summed E-state index contributed by atoms with van der Waals surface area (Å²) in [6.07, 6.45) is 3.24. The summed E-state index contributed by atoms with van der Waals surface area (Å²) >= 11 is 0. The number of rotatable bonds is 5. The third-order valence-corrected chi connectivity index (χ3v) is 4.77. The number of hydrogen-bond donors (Lipinski definition) is 2. The summed E-state index contributed by atoms with van der Waals surface area (Å²) in [5.74, 6) is -0.431. The van der Waals surface area contributed by atoms with E-state index in [-0.39, 0.29) is 11.6 Å². The first-order chi connectivity index (χ1) is 14.5. The van der Waals surface area contributed by atoms with Crippen LogP contribution in [0.2, 0.25) is 0 Å². The molecule has 4 rings (SSSR count). The van der Waals surface area contributed by atoms with E-state index in [1.807, 2.05) is 42.5 Å². The van der Waals surface area contributed by atoms with Gasteiger partial charge in [-0.25, -0.2) is 4.98 Å². The summed E-state index contributed by atoms with van der Waals surface area (Å²) in [6, 6.07) is 20.2. The Morgan fingerprint density at radius 2 is 1.67 bits per heavy atom. The second kappa shape index (κ2) is 8.00. The second-order valence-corrected chi connectivity index (χ2v) is 6.71. The third kappa shape index (κ3) is 3.81. The maximum Gasteiger partial charge on any atom is 0.267 e. The number of nitrogens with zero attached hydrogens (tertiary/aromatic N) is 3. The maximum absolute atomic E-state index is 13.0. The molecule has 3 N–H and O–H groups in total. The Kier molecular flexibility index (Phi) is 5.09. The van der Waals surface area contributed by atoms with Crippen LogP contribution in [0.25, 0.3) is 10.8 Å². The van der Waals surface area contributed by atoms with E-state index in [0.29, 0.717) is 22.8 Å². The first-order valence-electron chi connectivity index (χ1n) is 9.28. The standard InChI is InChI=1S/C23H19N5O2/c1-28(17-10-11-25-19(13-17)22(24)29)20-9-5-4-8-18(20)23(30)27-21-12-15-6-2-3-7-16(15)14-26-21/h2-14H,1H3,(H2,24,29)(H,26,27,30). The largest absolute Gasteiger partial charge is 0.364 e. The lowest BCUT2D eigenvalue weighted by atomic mass is 10.1. The SMILES string of the molecule is CN(c1ccnc(C(N)=O)c1)c1ccccc1C(=O)Nc1cc2ccccc2cn1. The lowest BCUT2D eigenvalue weighted by Gasteiger charge is -2.22. The van der Waals surface area contributed by atoms with Crippen molar-refractivity contribution in [2.45, 2.75) is 0 Å². The zero-order valence-electron chi connectivity index (χ0n) is 16.2. The van der Waals surface area contributed by atoms with Crippen LogP contribution in [0.3, 0.4) is 0 Å². The van der Waals surface area contributed by atoms with Crippen LogP contribution in [0.5, 0.6) is 0 Å². The van der Waals surface area contributed by atoms with Crippen molar-refractivity contribution in [1.29, 1.82) is 0 Å². The summed E-state index contributed by atoms with van der Waals surface area (Å²) in [5.41, 5.74) is 7.30. The average Bonchev–Trinajstić information content (AvgIpc) is 2.78. The highest BCUT2D eigenvalue weighted by atomic mass is 16.2. The van der Waals surface area contributed by atoms with Crippen molar-refractivity contribution in [2.24, 2.45) is 5.73 Å². The summed E-state index contributed by atoms with van der Waals surface area (Å²) in [4.78, 5) is 34.6. The van der Waals surface area contributed by atoms with Gasteiger partial charge in [0.2, 0.25) is 0 Å². The van der Waals surface area contributed by atoms with Gasteiger partial charge in [-0.15, -0.1) is 0 Å². The molecule has 0 aliphatic heterocycles. The molecule has 0 saturated carbocycles. The quantitative estimate of drug-likeness (QED) is 0.534. The predicted octanol–water partition coefficient (Wildman–Crippen LogP) is 3.75. The number of nitrogens with two attached hydrogens (primary N) is 1. The van der Waals surface area contributed by atoms with Crippen molar-refractivity contribution in [2.75, 3.05) is 17.3 Å². The molecule has 0 radical (unpaired) electrons. The van der Waals surface area contributed by atoms with E-state index in [4.69, 9.17) is 5.73 Å². The normalized spacial score (nSPS) is 10.6. The molecule has 0 spiro atoms. The minimum absolute atomic E-state index is 0.154. The number of para-hydroxylation sites is 1. The molecule has 2 aromatic carbocycles. The van der Waals surface area contributed by atoms with Crippen molar-refractivity contribution in [1.82, 2.24) is 9.97 Å². The van der Waals surface area contributed by atoms with Gasteiger partial charge < -0.3 is 16.0 Å². The summed E-state index contributed by atoms with van der Waals surface area (Å²) in [7, 11) is 1.81. The van der Waals surface area contributed by atoms with Crippen LogP contribution >= 0.6 is 0 Å². The molecule has 0 aliphatic rings. The van der Waals surface area contributed by atoms with Crippen molar-refractivity contribution in [3.05, 3.63) is 90.4 Å². The van der Waals surface area contributed by atoms with Gasteiger partial charge in [0.1, 0.15) is 11.5 Å². The molecule has 0 bridgehead atoms. The van der Waals surface area contributed by atoms with Gasteiger partial charge in [-0.05, 0) is 35.7 Å². The minimum atomic E-state index is -0.612. The molecular formula is C23H19N5O2. The van der Waals surface area contributed by atoms with Crippen molar-refractivity contribution < 1.29 is 9.59 Å². The van der Waals surface area contributed by atoms with E-state index < -0.39 is 5.91 Å². The number of aromatic nitrogens is 2. The molecule has 30 heavy (non-hydrogen) atoms. The van der Waals surface area contributed by atoms with E-state index in [9.17, 15) is 9.59 Å². The molecule has 0 aliphatic carbocycles. The molecule has 0 atom stereocenters. The van der Waals surface area contributed by atoms with E-state index in [1.54, 1.807) is 42.4 Å². The number of carbonyl (C=O) groups is 2. The molecule has 148 valence electrons. The fraction of sp³-hybridized carbons (Fsp3) is 0.0435. The number of pyridine rings is 2. The van der Waals surface area contributed by atoms with E-state index in [0.717, 1.165) is 10.8 Å². The zero-order chi connectivity index (χ0) is 21.1. The van der Waals surface area contributed by atoms with Crippen molar-refractivity contribution in [3.63, 3.8) is 0 Å². The number of nitrogens with one attached hydrogen (secondary N) is 1. The number of anilines is 3. The molecular weight excluding hydrogens is 378 g/mol. The Labute approximate surface area is 173 Å². The topological polar surface area (TPSA) is 101 Å². The van der Waals surface area contributed by atoms with Gasteiger partial charge in [-0.2, -0.15) is 0 Å². The Hall–Kier alpha value is -4.26. The number of fused-ring (bicyclic) bond motifs is 1. The summed E-state index contributed by atoms with van der Waals surface area (Å²) < 4.78 is 0. The summed E-state index contributed by atoms with van der Waals surface area (Å²) in [6.45, 7) is 0. The van der Waals surface area contributed by atoms with Gasteiger partial charge in [0.25, 0.3) is 11.8 Å². The van der Waals surface area contributed by atoms with Crippen molar-refractivity contribution >= 4 is 39.8 Å². The highest BCUT2D eigenvalue weighted by Gasteiger charge is 2.17. The molecule has 4 aromatic rings. The fourth-order valence-corrected chi connectivity index (χ4v) is 3.20. The van der Waals surface area contributed by atoms with Gasteiger partial charge in [0, 0.05) is 30.5 Å². The molecule has 0 saturated heterocycles. The maximum atomic E-state index is 13.0. The predicted molar refractivity (Wildman–Crippen MR) is 117 cm³/mol.